The molecule has 0 radical (unpaired) electrons. The summed E-state index contributed by atoms with van der Waals surface area (Å²) in [6.45, 7) is 0. The summed E-state index contributed by atoms with van der Waals surface area (Å²) in [4.78, 5) is 23.3. The molecule has 176 valence electrons. The molecule has 35 heavy (non-hydrogen) atoms. The van der Waals surface area contributed by atoms with E-state index in [0.29, 0.717) is 16.7 Å². The first-order valence-corrected chi connectivity index (χ1v) is 11.7. The van der Waals surface area contributed by atoms with E-state index in [1.807, 2.05) is 18.2 Å². The van der Waals surface area contributed by atoms with E-state index in [2.05, 4.69) is 26.3 Å². The third-order valence-corrected chi connectivity index (χ3v) is 6.82. The molecular weight excluding hydrogens is 472 g/mol. The SMILES string of the molecule is O=c1[nH]c(NC2CCCc3ccccc32)c(-c2c(F)ccc(Cl)c2F)n1-c1ccc2nc[nH]c2c1. The largest absolute Gasteiger partial charge is 0.363 e. The molecule has 9 heteroatoms. The summed E-state index contributed by atoms with van der Waals surface area (Å²) in [5.74, 6) is -1.54. The first-order chi connectivity index (χ1) is 17.0. The van der Waals surface area contributed by atoms with Crippen molar-refractivity contribution in [1.82, 2.24) is 19.5 Å². The fraction of sp³-hybridized carbons (Fsp3) is 0.154. The zero-order valence-electron chi connectivity index (χ0n) is 18.4. The fourth-order valence-corrected chi connectivity index (χ4v) is 5.07. The van der Waals surface area contributed by atoms with Gasteiger partial charge < -0.3 is 10.3 Å². The van der Waals surface area contributed by atoms with Crippen molar-refractivity contribution >= 4 is 28.5 Å². The van der Waals surface area contributed by atoms with Crippen LogP contribution in [0.15, 0.2) is 65.7 Å². The summed E-state index contributed by atoms with van der Waals surface area (Å²) in [6, 6.07) is 15.3. The van der Waals surface area contributed by atoms with E-state index in [1.165, 1.54) is 10.1 Å². The molecule has 0 amide bonds. The Labute approximate surface area is 203 Å². The standard InChI is InChI=1S/C26H20ClF2N5O/c27-17-9-10-18(28)22(23(17)29)24-25(32-19-7-3-5-14-4-1-2-6-16(14)19)33-26(35)34(24)15-8-11-20-21(12-15)31-13-30-20/h1-2,4,6,8-13,19,32H,3,5,7H2,(H,30,31)(H,33,35). The van der Waals surface area contributed by atoms with Crippen molar-refractivity contribution < 1.29 is 8.78 Å². The van der Waals surface area contributed by atoms with Gasteiger partial charge in [-0.05, 0) is 60.7 Å². The Kier molecular flexibility index (Phi) is 5.18. The normalized spacial score (nSPS) is 15.3. The van der Waals surface area contributed by atoms with Crippen molar-refractivity contribution in [3.8, 4) is 16.9 Å². The van der Waals surface area contributed by atoms with Crippen LogP contribution in [0.2, 0.25) is 5.02 Å². The molecule has 1 aliphatic rings. The van der Waals surface area contributed by atoms with Crippen LogP contribution in [0.5, 0.6) is 0 Å². The molecule has 3 N–H and O–H groups in total. The van der Waals surface area contributed by atoms with Crippen LogP contribution >= 0.6 is 11.6 Å². The van der Waals surface area contributed by atoms with Gasteiger partial charge in [0, 0.05) is 0 Å². The van der Waals surface area contributed by atoms with Gasteiger partial charge in [-0.25, -0.2) is 18.6 Å². The lowest BCUT2D eigenvalue weighted by Crippen LogP contribution is -2.18. The molecule has 2 aromatic heterocycles. The van der Waals surface area contributed by atoms with Gasteiger partial charge >= 0.3 is 5.69 Å². The number of rotatable bonds is 4. The van der Waals surface area contributed by atoms with Gasteiger partial charge in [0.05, 0.1) is 39.7 Å². The number of H-pyrrole nitrogens is 2. The van der Waals surface area contributed by atoms with Gasteiger partial charge in [0.25, 0.3) is 0 Å². The van der Waals surface area contributed by atoms with Crippen LogP contribution in [0.25, 0.3) is 28.0 Å². The Morgan fingerprint density at radius 3 is 2.86 bits per heavy atom. The van der Waals surface area contributed by atoms with Crippen LogP contribution in [0.3, 0.4) is 0 Å². The predicted octanol–water partition coefficient (Wildman–Crippen LogP) is 6.13. The third kappa shape index (κ3) is 3.61. The molecule has 5 aromatic rings. The second-order valence-electron chi connectivity index (χ2n) is 8.60. The number of hydrogen-bond acceptors (Lipinski definition) is 3. The smallest absolute Gasteiger partial charge is 0.332 e. The highest BCUT2D eigenvalue weighted by atomic mass is 35.5. The Balaban J connectivity index is 1.58. The van der Waals surface area contributed by atoms with Gasteiger partial charge in [0.2, 0.25) is 0 Å². The van der Waals surface area contributed by atoms with E-state index >= 15 is 8.78 Å². The number of aromatic amines is 2. The van der Waals surface area contributed by atoms with Crippen molar-refractivity contribution in [2.24, 2.45) is 0 Å². The molecule has 0 bridgehead atoms. The van der Waals surface area contributed by atoms with Crippen molar-refractivity contribution in [3.63, 3.8) is 0 Å². The maximum atomic E-state index is 15.3. The monoisotopic (exact) mass is 491 g/mol. The summed E-state index contributed by atoms with van der Waals surface area (Å²) >= 11 is 6.04. The molecule has 3 aromatic carbocycles. The molecule has 6 rings (SSSR count). The number of imidazole rings is 2. The Bertz CT molecular complexity index is 1640. The van der Waals surface area contributed by atoms with E-state index in [0.717, 1.165) is 37.0 Å². The highest BCUT2D eigenvalue weighted by Crippen LogP contribution is 2.39. The van der Waals surface area contributed by atoms with Crippen LogP contribution in [-0.2, 0) is 6.42 Å². The maximum absolute atomic E-state index is 15.3. The lowest BCUT2D eigenvalue weighted by atomic mass is 9.87. The molecule has 0 spiro atoms. The molecule has 2 heterocycles. The lowest BCUT2D eigenvalue weighted by Gasteiger charge is -2.27. The van der Waals surface area contributed by atoms with Crippen LogP contribution in [0.4, 0.5) is 14.6 Å². The first-order valence-electron chi connectivity index (χ1n) is 11.3. The number of anilines is 1. The minimum absolute atomic E-state index is 0.0365. The number of fused-ring (bicyclic) bond motifs is 2. The van der Waals surface area contributed by atoms with E-state index in [1.54, 1.807) is 24.5 Å². The number of benzene rings is 3. The second kappa shape index (κ2) is 8.39. The number of nitrogens with one attached hydrogen (secondary N) is 3. The minimum atomic E-state index is -0.936. The summed E-state index contributed by atoms with van der Waals surface area (Å²) in [6.07, 6.45) is 4.26. The van der Waals surface area contributed by atoms with Gasteiger partial charge in [0.15, 0.2) is 5.82 Å². The topological polar surface area (TPSA) is 78.5 Å². The van der Waals surface area contributed by atoms with Gasteiger partial charge in [0.1, 0.15) is 17.3 Å². The first kappa shape index (κ1) is 21.6. The maximum Gasteiger partial charge on any atom is 0.332 e. The fourth-order valence-electron chi connectivity index (χ4n) is 4.91. The van der Waals surface area contributed by atoms with Crippen LogP contribution < -0.4 is 11.0 Å². The summed E-state index contributed by atoms with van der Waals surface area (Å²) in [5.41, 5.74) is 3.24. The van der Waals surface area contributed by atoms with Crippen molar-refractivity contribution in [3.05, 3.63) is 99.2 Å². The average molecular weight is 492 g/mol. The van der Waals surface area contributed by atoms with Crippen LogP contribution in [-0.4, -0.2) is 19.5 Å². The second-order valence-corrected chi connectivity index (χ2v) is 9.01. The molecule has 0 saturated carbocycles. The third-order valence-electron chi connectivity index (χ3n) is 6.53. The molecule has 1 aliphatic carbocycles. The number of aryl methyl sites for hydroxylation is 1. The summed E-state index contributed by atoms with van der Waals surface area (Å²) in [5, 5.41) is 3.13. The zero-order valence-corrected chi connectivity index (χ0v) is 19.2. The lowest BCUT2D eigenvalue weighted by molar-refractivity contribution is 0.587. The van der Waals surface area contributed by atoms with Gasteiger partial charge in [-0.15, -0.1) is 0 Å². The van der Waals surface area contributed by atoms with Crippen molar-refractivity contribution in [1.29, 1.82) is 0 Å². The van der Waals surface area contributed by atoms with Gasteiger partial charge in [-0.3, -0.25) is 9.55 Å². The van der Waals surface area contributed by atoms with Gasteiger partial charge in [-0.2, -0.15) is 0 Å². The quantitative estimate of drug-likeness (QED) is 0.265. The summed E-state index contributed by atoms with van der Waals surface area (Å²) in [7, 11) is 0. The summed E-state index contributed by atoms with van der Waals surface area (Å²) < 4.78 is 31.7. The molecular formula is C26H20ClF2N5O. The minimum Gasteiger partial charge on any atom is -0.363 e. The zero-order chi connectivity index (χ0) is 24.1. The molecule has 1 atom stereocenters. The van der Waals surface area contributed by atoms with Gasteiger partial charge in [-0.1, -0.05) is 35.9 Å². The Morgan fingerprint density at radius 2 is 1.97 bits per heavy atom. The van der Waals surface area contributed by atoms with Crippen LogP contribution in [0.1, 0.15) is 30.0 Å². The van der Waals surface area contributed by atoms with E-state index < -0.39 is 17.3 Å². The average Bonchev–Trinajstić information content (AvgIpc) is 3.45. The molecule has 0 fully saturated rings. The number of halogens is 3. The van der Waals surface area contributed by atoms with E-state index in [4.69, 9.17) is 11.6 Å². The highest BCUT2D eigenvalue weighted by Gasteiger charge is 2.28. The van der Waals surface area contributed by atoms with E-state index in [-0.39, 0.29) is 28.1 Å². The van der Waals surface area contributed by atoms with Crippen molar-refractivity contribution in [2.45, 2.75) is 25.3 Å². The highest BCUT2D eigenvalue weighted by molar-refractivity contribution is 6.31. The molecule has 0 saturated heterocycles. The van der Waals surface area contributed by atoms with Crippen LogP contribution in [0, 0.1) is 11.6 Å². The number of hydrogen-bond donors (Lipinski definition) is 3. The van der Waals surface area contributed by atoms with E-state index in [9.17, 15) is 4.79 Å². The predicted molar refractivity (Wildman–Crippen MR) is 132 cm³/mol. The Morgan fingerprint density at radius 1 is 1.11 bits per heavy atom. The molecule has 6 nitrogen and oxygen atoms in total. The Hall–Kier alpha value is -3.91. The molecule has 1 unspecified atom stereocenters. The molecule has 0 aliphatic heterocycles. The number of aromatic nitrogens is 4. The number of nitrogens with zero attached hydrogens (tertiary/aromatic N) is 2. The van der Waals surface area contributed by atoms with Crippen molar-refractivity contribution in [2.75, 3.05) is 5.32 Å².